The van der Waals surface area contributed by atoms with Gasteiger partial charge in [0, 0.05) is 19.3 Å². The lowest BCUT2D eigenvalue weighted by Gasteiger charge is -2.24. The summed E-state index contributed by atoms with van der Waals surface area (Å²) in [6.45, 7) is 6.61. The number of aromatic nitrogens is 1. The molecule has 3 nitrogen and oxygen atoms in total. The number of rotatable bonds is 6. The van der Waals surface area contributed by atoms with Crippen LogP contribution in [0.25, 0.3) is 0 Å². The Morgan fingerprint density at radius 3 is 2.67 bits per heavy atom. The first-order valence-corrected chi connectivity index (χ1v) is 7.61. The minimum Gasteiger partial charge on any atom is -0.367 e. The van der Waals surface area contributed by atoms with E-state index >= 15 is 0 Å². The highest BCUT2D eigenvalue weighted by molar-refractivity contribution is 6.33. The highest BCUT2D eigenvalue weighted by Crippen LogP contribution is 2.30. The number of nitrogens with one attached hydrogen (secondary N) is 1. The van der Waals surface area contributed by atoms with Crippen LogP contribution in [0.1, 0.15) is 23.9 Å². The van der Waals surface area contributed by atoms with Crippen LogP contribution >= 0.6 is 11.6 Å². The Kier molecular flexibility index (Phi) is 5.59. The van der Waals surface area contributed by atoms with Gasteiger partial charge in [-0.3, -0.25) is 4.98 Å². The standard InChI is InChI=1S/C17H22ClN3/c1-4-19-11-14-8-6-10-16(18)17(14)21(3)12-15-9-5-7-13(2)20-15/h5-10,19H,4,11-12H2,1-3H3. The highest BCUT2D eigenvalue weighted by Gasteiger charge is 2.12. The van der Waals surface area contributed by atoms with Crippen LogP contribution < -0.4 is 10.2 Å². The lowest BCUT2D eigenvalue weighted by atomic mass is 10.1. The van der Waals surface area contributed by atoms with Gasteiger partial charge in [0.15, 0.2) is 0 Å². The molecule has 0 aliphatic heterocycles. The molecular formula is C17H22ClN3. The van der Waals surface area contributed by atoms with E-state index in [4.69, 9.17) is 11.6 Å². The second-order valence-electron chi connectivity index (χ2n) is 5.15. The van der Waals surface area contributed by atoms with Crippen molar-refractivity contribution in [1.82, 2.24) is 10.3 Å². The van der Waals surface area contributed by atoms with Crippen LogP contribution in [-0.2, 0) is 13.1 Å². The Labute approximate surface area is 132 Å². The third-order valence-electron chi connectivity index (χ3n) is 3.36. The van der Waals surface area contributed by atoms with Crippen LogP contribution in [0.4, 0.5) is 5.69 Å². The summed E-state index contributed by atoms with van der Waals surface area (Å²) in [6, 6.07) is 12.1. The van der Waals surface area contributed by atoms with Crippen molar-refractivity contribution < 1.29 is 0 Å². The van der Waals surface area contributed by atoms with Gasteiger partial charge in [-0.15, -0.1) is 0 Å². The van der Waals surface area contributed by atoms with Crippen LogP contribution in [0.2, 0.25) is 5.02 Å². The number of hydrogen-bond acceptors (Lipinski definition) is 3. The van der Waals surface area contributed by atoms with E-state index in [2.05, 4.69) is 35.2 Å². The zero-order valence-electron chi connectivity index (χ0n) is 12.9. The second kappa shape index (κ2) is 7.43. The minimum absolute atomic E-state index is 0.741. The smallest absolute Gasteiger partial charge is 0.0642 e. The van der Waals surface area contributed by atoms with E-state index in [0.29, 0.717) is 0 Å². The first-order valence-electron chi connectivity index (χ1n) is 7.23. The Balaban J connectivity index is 2.23. The molecule has 1 heterocycles. The van der Waals surface area contributed by atoms with Gasteiger partial charge in [-0.1, -0.05) is 36.7 Å². The molecule has 0 atom stereocenters. The van der Waals surface area contributed by atoms with E-state index in [9.17, 15) is 0 Å². The molecule has 21 heavy (non-hydrogen) atoms. The van der Waals surface area contributed by atoms with Crippen LogP contribution in [0.5, 0.6) is 0 Å². The summed E-state index contributed by atoms with van der Waals surface area (Å²) in [7, 11) is 2.06. The van der Waals surface area contributed by atoms with Gasteiger partial charge in [0.25, 0.3) is 0 Å². The molecule has 0 spiro atoms. The summed E-state index contributed by atoms with van der Waals surface area (Å²) < 4.78 is 0. The van der Waals surface area contributed by atoms with Gasteiger partial charge in [0.1, 0.15) is 0 Å². The molecule has 1 N–H and O–H groups in total. The van der Waals surface area contributed by atoms with E-state index < -0.39 is 0 Å². The Bertz CT molecular complexity index is 598. The Morgan fingerprint density at radius 2 is 1.95 bits per heavy atom. The molecule has 2 rings (SSSR count). The number of aryl methyl sites for hydroxylation is 1. The molecule has 4 heteroatoms. The second-order valence-corrected chi connectivity index (χ2v) is 5.56. The summed E-state index contributed by atoms with van der Waals surface area (Å²) >= 11 is 6.41. The van der Waals surface area contributed by atoms with Crippen molar-refractivity contribution in [2.75, 3.05) is 18.5 Å². The fraction of sp³-hybridized carbons (Fsp3) is 0.353. The molecule has 112 valence electrons. The summed E-state index contributed by atoms with van der Waals surface area (Å²) in [5.41, 5.74) is 4.36. The quantitative estimate of drug-likeness (QED) is 0.880. The number of benzene rings is 1. The number of para-hydroxylation sites is 1. The van der Waals surface area contributed by atoms with Gasteiger partial charge >= 0.3 is 0 Å². The van der Waals surface area contributed by atoms with Gasteiger partial charge in [-0.05, 0) is 37.2 Å². The molecule has 0 bridgehead atoms. The molecule has 0 saturated heterocycles. The van der Waals surface area contributed by atoms with Crippen molar-refractivity contribution >= 4 is 17.3 Å². The SMILES string of the molecule is CCNCc1cccc(Cl)c1N(C)Cc1cccc(C)n1. The monoisotopic (exact) mass is 303 g/mol. The molecule has 1 aromatic heterocycles. The van der Waals surface area contributed by atoms with Gasteiger partial charge in [-0.25, -0.2) is 0 Å². The van der Waals surface area contributed by atoms with Gasteiger partial charge < -0.3 is 10.2 Å². The van der Waals surface area contributed by atoms with Crippen molar-refractivity contribution in [3.05, 3.63) is 58.4 Å². The Hall–Kier alpha value is -1.58. The number of halogens is 1. The van der Waals surface area contributed by atoms with E-state index in [1.807, 2.05) is 37.3 Å². The highest BCUT2D eigenvalue weighted by atomic mass is 35.5. The topological polar surface area (TPSA) is 28.2 Å². The molecule has 2 aromatic rings. The summed E-state index contributed by atoms with van der Waals surface area (Å²) in [5.74, 6) is 0. The van der Waals surface area contributed by atoms with Crippen molar-refractivity contribution in [2.45, 2.75) is 26.9 Å². The fourth-order valence-electron chi connectivity index (χ4n) is 2.40. The number of hydrogen-bond donors (Lipinski definition) is 1. The number of nitrogens with zero attached hydrogens (tertiary/aromatic N) is 2. The lowest BCUT2D eigenvalue weighted by molar-refractivity contribution is 0.722. The Morgan fingerprint density at radius 1 is 1.19 bits per heavy atom. The van der Waals surface area contributed by atoms with Crippen LogP contribution in [0, 0.1) is 6.92 Å². The maximum absolute atomic E-state index is 6.41. The summed E-state index contributed by atoms with van der Waals surface area (Å²) in [6.07, 6.45) is 0. The normalized spacial score (nSPS) is 10.7. The number of pyridine rings is 1. The molecule has 0 unspecified atom stereocenters. The van der Waals surface area contributed by atoms with Crippen LogP contribution in [0.15, 0.2) is 36.4 Å². The van der Waals surface area contributed by atoms with E-state index in [-0.39, 0.29) is 0 Å². The maximum atomic E-state index is 6.41. The van der Waals surface area contributed by atoms with Crippen LogP contribution in [-0.4, -0.2) is 18.6 Å². The molecule has 0 fully saturated rings. The molecule has 0 aliphatic rings. The third-order valence-corrected chi connectivity index (χ3v) is 3.67. The molecule has 0 radical (unpaired) electrons. The van der Waals surface area contributed by atoms with E-state index in [0.717, 1.165) is 41.7 Å². The first kappa shape index (κ1) is 15.8. The predicted octanol–water partition coefficient (Wildman–Crippen LogP) is 3.79. The van der Waals surface area contributed by atoms with Crippen LogP contribution in [0.3, 0.4) is 0 Å². The minimum atomic E-state index is 0.741. The molecule has 0 aliphatic carbocycles. The molecule has 0 amide bonds. The molecule has 1 aromatic carbocycles. The molecular weight excluding hydrogens is 282 g/mol. The van der Waals surface area contributed by atoms with Crippen molar-refractivity contribution in [2.24, 2.45) is 0 Å². The third kappa shape index (κ3) is 4.19. The van der Waals surface area contributed by atoms with Gasteiger partial charge in [0.05, 0.1) is 22.9 Å². The zero-order chi connectivity index (χ0) is 15.2. The average molecular weight is 304 g/mol. The number of anilines is 1. The van der Waals surface area contributed by atoms with E-state index in [1.54, 1.807) is 0 Å². The van der Waals surface area contributed by atoms with E-state index in [1.165, 1.54) is 5.56 Å². The predicted molar refractivity (Wildman–Crippen MR) is 89.9 cm³/mol. The van der Waals surface area contributed by atoms with Crippen molar-refractivity contribution in [3.63, 3.8) is 0 Å². The largest absolute Gasteiger partial charge is 0.367 e. The molecule has 0 saturated carbocycles. The van der Waals surface area contributed by atoms with Crippen molar-refractivity contribution in [3.8, 4) is 0 Å². The first-order chi connectivity index (χ1) is 10.1. The summed E-state index contributed by atoms with van der Waals surface area (Å²) in [4.78, 5) is 6.72. The maximum Gasteiger partial charge on any atom is 0.0642 e. The fourth-order valence-corrected chi connectivity index (χ4v) is 2.74. The van der Waals surface area contributed by atoms with Gasteiger partial charge in [0.2, 0.25) is 0 Å². The average Bonchev–Trinajstić information content (AvgIpc) is 2.45. The zero-order valence-corrected chi connectivity index (χ0v) is 13.6. The summed E-state index contributed by atoms with van der Waals surface area (Å²) in [5, 5.41) is 4.14. The van der Waals surface area contributed by atoms with Gasteiger partial charge in [-0.2, -0.15) is 0 Å². The lowest BCUT2D eigenvalue weighted by Crippen LogP contribution is -2.21. The van der Waals surface area contributed by atoms with Crippen molar-refractivity contribution in [1.29, 1.82) is 0 Å².